The zero-order chi connectivity index (χ0) is 57.1. The lowest BCUT2D eigenvalue weighted by atomic mass is 10.0. The standard InChI is InChI=1S/2C23H29Cl2N6O7P/c2*1-12(2)36-20(33)13(3)30-39(34,38-14-8-6-5-7-9-14)35-10-15-17(32)23(4,25)21(37-15)31-11-27-16-18(24)28-22(26)29-19(16)31/h2*5-9,11-13,15,17,21,32H,10H2,1-4H3,(H,30,34)(H2,26,28,29)/t13-,15+,17+,21+,23+,39+;13-,15+,17+,21+,23+,39-/m00/s1. The summed E-state index contributed by atoms with van der Waals surface area (Å²) in [6.45, 7) is 12.0. The van der Waals surface area contributed by atoms with Crippen LogP contribution >= 0.6 is 61.9 Å². The fourth-order valence-electron chi connectivity index (χ4n) is 7.85. The summed E-state index contributed by atoms with van der Waals surface area (Å²) in [5.74, 6) is -1.02. The fourth-order valence-corrected chi connectivity index (χ4v) is 11.9. The van der Waals surface area contributed by atoms with E-state index in [1.807, 2.05) is 0 Å². The molecule has 2 aromatic carbocycles. The van der Waals surface area contributed by atoms with Crippen LogP contribution in [0.5, 0.6) is 11.5 Å². The molecule has 0 spiro atoms. The number of esters is 2. The molecule has 2 fully saturated rings. The molecule has 8 N–H and O–H groups in total. The highest BCUT2D eigenvalue weighted by Crippen LogP contribution is 2.51. The number of nitrogens with zero attached hydrogens (tertiary/aromatic N) is 8. The van der Waals surface area contributed by atoms with Gasteiger partial charge >= 0.3 is 27.4 Å². The number of carbonyl (C=O) groups is 2. The number of alkyl halides is 2. The van der Waals surface area contributed by atoms with Crippen molar-refractivity contribution in [2.45, 2.75) is 126 Å². The number of ether oxygens (including phenoxy) is 4. The first-order valence-corrected chi connectivity index (χ1v) is 28.5. The average molecular weight is 1210 g/mol. The van der Waals surface area contributed by atoms with E-state index in [1.54, 1.807) is 102 Å². The van der Waals surface area contributed by atoms with Crippen LogP contribution in [0.1, 0.15) is 67.8 Å². The third-order valence-corrected chi connectivity index (χ3v) is 16.2. The summed E-state index contributed by atoms with van der Waals surface area (Å²) in [5.41, 5.74) is 12.5. The second-order valence-corrected chi connectivity index (χ2v) is 24.4. The van der Waals surface area contributed by atoms with Gasteiger partial charge in [0, 0.05) is 0 Å². The predicted octanol–water partition coefficient (Wildman–Crippen LogP) is 6.90. The zero-order valence-corrected chi connectivity index (χ0v) is 47.9. The van der Waals surface area contributed by atoms with Gasteiger partial charge in [-0.2, -0.15) is 30.1 Å². The number of benzene rings is 2. The van der Waals surface area contributed by atoms with Gasteiger partial charge in [0.1, 0.15) is 68.8 Å². The molecule has 2 aliphatic rings. The van der Waals surface area contributed by atoms with Gasteiger partial charge in [-0.1, -0.05) is 59.6 Å². The van der Waals surface area contributed by atoms with E-state index in [0.717, 1.165) is 0 Å². The van der Waals surface area contributed by atoms with Gasteiger partial charge < -0.3 is 49.7 Å². The number of imidazole rings is 2. The summed E-state index contributed by atoms with van der Waals surface area (Å²) in [5, 5.41) is 27.3. The summed E-state index contributed by atoms with van der Waals surface area (Å²) in [6, 6.07) is 14.4. The van der Waals surface area contributed by atoms with Crippen molar-refractivity contribution < 1.29 is 66.0 Å². The topological polar surface area (TPSA) is 346 Å². The number of hydrogen-bond donors (Lipinski definition) is 6. The van der Waals surface area contributed by atoms with E-state index < -0.39 is 99.3 Å². The van der Waals surface area contributed by atoms with E-state index in [0.29, 0.717) is 0 Å². The van der Waals surface area contributed by atoms with Gasteiger partial charge in [-0.15, -0.1) is 23.2 Å². The highest BCUT2D eigenvalue weighted by atomic mass is 35.5. The minimum absolute atomic E-state index is 0.0427. The summed E-state index contributed by atoms with van der Waals surface area (Å²) in [6.07, 6.45) is -4.73. The Morgan fingerprint density at radius 3 is 1.33 bits per heavy atom. The Morgan fingerprint density at radius 1 is 0.654 bits per heavy atom. The molecule has 26 nitrogen and oxygen atoms in total. The number of fused-ring (bicyclic) bond motifs is 2. The SMILES string of the molecule is CC(C)OC(=O)[C@H](C)N[P@@](=O)(OC[C@H]1O[C@@H](n2cnc3c(Cl)nc(N)nc32)[C@](C)(Cl)[C@@H]1O)Oc1ccccc1.CC(C)OC(=O)[C@H](C)N[P@](=O)(OC[C@H]1O[C@@H](n2cnc3c(Cl)nc(N)nc32)[C@](C)(Cl)[C@@H]1O)Oc1ccccc1. The Hall–Kier alpha value is -5.02. The molecule has 424 valence electrons. The molecule has 78 heavy (non-hydrogen) atoms. The van der Waals surface area contributed by atoms with Crippen molar-refractivity contribution >= 4 is 108 Å². The quantitative estimate of drug-likeness (QED) is 0.0196. The molecule has 6 heterocycles. The molecule has 32 heteroatoms. The molecule has 2 saturated heterocycles. The van der Waals surface area contributed by atoms with Gasteiger partial charge in [0.25, 0.3) is 0 Å². The Bertz CT molecular complexity index is 2960. The number of rotatable bonds is 20. The normalized spacial score (nSPS) is 25.5. The van der Waals surface area contributed by atoms with Crippen molar-refractivity contribution in [1.82, 2.24) is 49.2 Å². The molecule has 0 aliphatic carbocycles. The van der Waals surface area contributed by atoms with Gasteiger partial charge in [0.05, 0.1) is 38.1 Å². The maximum absolute atomic E-state index is 13.8. The molecular formula is C46H58Cl4N12O14P2. The lowest BCUT2D eigenvalue weighted by molar-refractivity contribution is -0.150. The molecular weight excluding hydrogens is 1150 g/mol. The monoisotopic (exact) mass is 1200 g/mol. The minimum Gasteiger partial charge on any atom is -0.462 e. The number of aromatic nitrogens is 8. The van der Waals surface area contributed by atoms with Gasteiger partial charge in [-0.05, 0) is 79.7 Å². The lowest BCUT2D eigenvalue weighted by Gasteiger charge is -2.26. The molecule has 4 aromatic heterocycles. The number of para-hydroxylation sites is 2. The zero-order valence-electron chi connectivity index (χ0n) is 43.0. The Kier molecular flexibility index (Phi) is 19.3. The average Bonchev–Trinajstić information content (AvgIpc) is 4.14. The molecule has 2 aliphatic heterocycles. The van der Waals surface area contributed by atoms with E-state index in [2.05, 4.69) is 40.1 Å². The summed E-state index contributed by atoms with van der Waals surface area (Å²) in [7, 11) is -8.41. The maximum atomic E-state index is 13.8. The van der Waals surface area contributed by atoms with Gasteiger partial charge in [0.2, 0.25) is 11.9 Å². The van der Waals surface area contributed by atoms with Crippen molar-refractivity contribution in [3.63, 3.8) is 0 Å². The molecule has 8 rings (SSSR count). The van der Waals surface area contributed by atoms with Crippen LogP contribution in [0.2, 0.25) is 10.3 Å². The number of halogens is 4. The molecule has 12 atom stereocenters. The van der Waals surface area contributed by atoms with Gasteiger partial charge in [-0.3, -0.25) is 27.8 Å². The number of nitrogens with two attached hydrogens (primary N) is 2. The Balaban J connectivity index is 0.000000226. The number of anilines is 2. The molecule has 0 bridgehead atoms. The van der Waals surface area contributed by atoms with Crippen LogP contribution in [-0.2, 0) is 46.7 Å². The smallest absolute Gasteiger partial charge is 0.459 e. The second-order valence-electron chi connectivity index (χ2n) is 18.7. The van der Waals surface area contributed by atoms with Gasteiger partial charge in [0.15, 0.2) is 34.1 Å². The summed E-state index contributed by atoms with van der Waals surface area (Å²) < 4.78 is 75.6. The van der Waals surface area contributed by atoms with E-state index in [1.165, 1.54) is 35.6 Å². The Morgan fingerprint density at radius 2 is 1.00 bits per heavy atom. The summed E-state index contributed by atoms with van der Waals surface area (Å²) >= 11 is 25.7. The maximum Gasteiger partial charge on any atom is 0.459 e. The fraction of sp³-hybridized carbons (Fsp3) is 0.478. The first kappa shape index (κ1) is 60.6. The molecule has 0 radical (unpaired) electrons. The van der Waals surface area contributed by atoms with Crippen LogP contribution in [0.3, 0.4) is 0 Å². The summed E-state index contributed by atoms with van der Waals surface area (Å²) in [4.78, 5) is 46.4. The van der Waals surface area contributed by atoms with Crippen molar-refractivity contribution in [3.05, 3.63) is 83.6 Å². The third kappa shape index (κ3) is 14.1. The highest BCUT2D eigenvalue weighted by molar-refractivity contribution is 7.52. The lowest BCUT2D eigenvalue weighted by Crippen LogP contribution is -2.40. The second kappa shape index (κ2) is 24.8. The first-order valence-electron chi connectivity index (χ1n) is 23.9. The van der Waals surface area contributed by atoms with Crippen LogP contribution in [0, 0.1) is 0 Å². The molecule has 0 unspecified atom stereocenters. The molecule has 6 aromatic rings. The van der Waals surface area contributed by atoms with E-state index >= 15 is 0 Å². The van der Waals surface area contributed by atoms with E-state index in [4.69, 9.17) is 94.9 Å². The number of aliphatic hydroxyl groups excluding tert-OH is 2. The number of nitrogens with one attached hydrogen (secondary N) is 2. The van der Waals surface area contributed by atoms with Crippen LogP contribution in [0.15, 0.2) is 73.3 Å². The first-order chi connectivity index (χ1) is 36.6. The predicted molar refractivity (Wildman–Crippen MR) is 287 cm³/mol. The van der Waals surface area contributed by atoms with Crippen molar-refractivity contribution in [3.8, 4) is 11.5 Å². The number of hydrogen-bond acceptors (Lipinski definition) is 22. The van der Waals surface area contributed by atoms with Crippen LogP contribution < -0.4 is 30.7 Å². The Labute approximate surface area is 467 Å². The number of nitrogen functional groups attached to an aromatic ring is 2. The highest BCUT2D eigenvalue weighted by Gasteiger charge is 2.56. The van der Waals surface area contributed by atoms with Crippen LogP contribution in [-0.4, -0.2) is 133 Å². The third-order valence-electron chi connectivity index (χ3n) is 11.6. The van der Waals surface area contributed by atoms with Crippen molar-refractivity contribution in [2.24, 2.45) is 0 Å². The van der Waals surface area contributed by atoms with E-state index in [-0.39, 0.29) is 68.2 Å². The van der Waals surface area contributed by atoms with Crippen LogP contribution in [0.4, 0.5) is 11.9 Å². The largest absolute Gasteiger partial charge is 0.462 e. The number of aliphatic hydroxyl groups is 2. The van der Waals surface area contributed by atoms with Crippen LogP contribution in [0.25, 0.3) is 22.3 Å². The van der Waals surface area contributed by atoms with E-state index in [9.17, 15) is 28.9 Å². The van der Waals surface area contributed by atoms with Crippen molar-refractivity contribution in [2.75, 3.05) is 24.7 Å². The molecule has 0 amide bonds. The molecule has 0 saturated carbocycles. The van der Waals surface area contributed by atoms with Gasteiger partial charge in [-0.25, -0.2) is 19.1 Å². The van der Waals surface area contributed by atoms with Crippen molar-refractivity contribution in [1.29, 1.82) is 0 Å². The minimum atomic E-state index is -4.21. The number of carbonyl (C=O) groups excluding carboxylic acids is 2.